The molecule has 0 saturated carbocycles. The molecule has 4 rings (SSSR count). The topological polar surface area (TPSA) is 58.1 Å². The Labute approximate surface area is 163 Å². The zero-order valence-corrected chi connectivity index (χ0v) is 16.1. The second-order valence-electron chi connectivity index (χ2n) is 6.79. The van der Waals surface area contributed by atoms with Crippen LogP contribution in [0, 0.1) is 0 Å². The van der Waals surface area contributed by atoms with Crippen molar-refractivity contribution in [1.29, 1.82) is 0 Å². The monoisotopic (exact) mass is 378 g/mol. The van der Waals surface area contributed by atoms with Crippen LogP contribution in [-0.2, 0) is 4.79 Å². The van der Waals surface area contributed by atoms with Gasteiger partial charge in [0.05, 0.1) is 0 Å². The van der Waals surface area contributed by atoms with Crippen LogP contribution in [0.4, 0.5) is 5.95 Å². The lowest BCUT2D eigenvalue weighted by Crippen LogP contribution is -2.28. The van der Waals surface area contributed by atoms with Gasteiger partial charge in [-0.05, 0) is 53.8 Å². The van der Waals surface area contributed by atoms with Crippen molar-refractivity contribution >= 4 is 34.6 Å². The fourth-order valence-corrected chi connectivity index (χ4v) is 4.43. The molecule has 0 bridgehead atoms. The standard InChI is InChI=1S/C21H22N4OS/c1-15(26)23-21-22-11-8-20(24-21)17-9-12-25(13-10-17)27-19-7-6-16-4-2-3-5-18(16)14-19/h2-8,11,14,17H,9-10,12-13H2,1H3,(H,22,23,24,26). The second-order valence-corrected chi connectivity index (χ2v) is 7.96. The summed E-state index contributed by atoms with van der Waals surface area (Å²) in [4.78, 5) is 21.1. The second kappa shape index (κ2) is 8.06. The van der Waals surface area contributed by atoms with Crippen molar-refractivity contribution in [2.45, 2.75) is 30.6 Å². The van der Waals surface area contributed by atoms with Gasteiger partial charge in [-0.1, -0.05) is 30.3 Å². The highest BCUT2D eigenvalue weighted by atomic mass is 32.2. The van der Waals surface area contributed by atoms with E-state index in [4.69, 9.17) is 0 Å². The molecule has 0 aliphatic carbocycles. The zero-order valence-electron chi connectivity index (χ0n) is 15.3. The van der Waals surface area contributed by atoms with Gasteiger partial charge in [-0.25, -0.2) is 14.3 Å². The van der Waals surface area contributed by atoms with Crippen LogP contribution in [0.5, 0.6) is 0 Å². The molecular formula is C21H22N4OS. The number of carbonyl (C=O) groups is 1. The zero-order chi connectivity index (χ0) is 18.6. The van der Waals surface area contributed by atoms with Gasteiger partial charge >= 0.3 is 0 Å². The summed E-state index contributed by atoms with van der Waals surface area (Å²) < 4.78 is 2.43. The minimum absolute atomic E-state index is 0.145. The number of nitrogens with zero attached hydrogens (tertiary/aromatic N) is 3. The third kappa shape index (κ3) is 4.46. The van der Waals surface area contributed by atoms with E-state index in [9.17, 15) is 4.79 Å². The molecule has 3 aromatic rings. The molecule has 2 heterocycles. The SMILES string of the molecule is CC(=O)Nc1nccc(C2CCN(Sc3ccc4ccccc4c3)CC2)n1. The minimum Gasteiger partial charge on any atom is -0.295 e. The first-order valence-electron chi connectivity index (χ1n) is 9.19. The van der Waals surface area contributed by atoms with Gasteiger partial charge in [0, 0.05) is 42.7 Å². The first-order chi connectivity index (χ1) is 13.2. The van der Waals surface area contributed by atoms with Gasteiger partial charge in [0.1, 0.15) is 0 Å². The van der Waals surface area contributed by atoms with Crippen LogP contribution in [0.3, 0.4) is 0 Å². The number of rotatable bonds is 4. The number of nitrogens with one attached hydrogen (secondary N) is 1. The molecule has 5 nitrogen and oxygen atoms in total. The summed E-state index contributed by atoms with van der Waals surface area (Å²) in [5.41, 5.74) is 1.02. The Morgan fingerprint density at radius 3 is 2.67 bits per heavy atom. The van der Waals surface area contributed by atoms with Crippen LogP contribution in [0.15, 0.2) is 59.6 Å². The average molecular weight is 379 g/mol. The third-order valence-corrected chi connectivity index (χ3v) is 5.88. The summed E-state index contributed by atoms with van der Waals surface area (Å²) in [6, 6.07) is 17.1. The molecule has 1 fully saturated rings. The Bertz CT molecular complexity index is 954. The normalized spacial score (nSPS) is 15.7. The van der Waals surface area contributed by atoms with E-state index in [0.717, 1.165) is 31.6 Å². The van der Waals surface area contributed by atoms with E-state index in [1.165, 1.54) is 22.6 Å². The van der Waals surface area contributed by atoms with E-state index in [2.05, 4.69) is 62.1 Å². The van der Waals surface area contributed by atoms with Gasteiger partial charge in [0.2, 0.25) is 11.9 Å². The molecule has 1 aromatic heterocycles. The fourth-order valence-electron chi connectivity index (χ4n) is 3.43. The van der Waals surface area contributed by atoms with Crippen LogP contribution < -0.4 is 5.32 Å². The molecule has 0 atom stereocenters. The van der Waals surface area contributed by atoms with Crippen molar-refractivity contribution in [3.8, 4) is 0 Å². The van der Waals surface area contributed by atoms with E-state index in [1.54, 1.807) is 6.20 Å². The summed E-state index contributed by atoms with van der Waals surface area (Å²) in [7, 11) is 0. The van der Waals surface area contributed by atoms with Gasteiger partial charge in [0.15, 0.2) is 0 Å². The lowest BCUT2D eigenvalue weighted by molar-refractivity contribution is -0.114. The van der Waals surface area contributed by atoms with Crippen molar-refractivity contribution < 1.29 is 4.79 Å². The fraction of sp³-hybridized carbons (Fsp3) is 0.286. The summed E-state index contributed by atoms with van der Waals surface area (Å²) in [5.74, 6) is 0.663. The first-order valence-corrected chi connectivity index (χ1v) is 9.97. The lowest BCUT2D eigenvalue weighted by Gasteiger charge is -2.30. The Morgan fingerprint density at radius 1 is 1.11 bits per heavy atom. The highest BCUT2D eigenvalue weighted by Crippen LogP contribution is 2.33. The molecule has 1 saturated heterocycles. The predicted molar refractivity (Wildman–Crippen MR) is 110 cm³/mol. The number of aromatic nitrogens is 2. The summed E-state index contributed by atoms with van der Waals surface area (Å²) in [6.07, 6.45) is 3.83. The van der Waals surface area contributed by atoms with Crippen molar-refractivity contribution in [3.63, 3.8) is 0 Å². The molecule has 1 N–H and O–H groups in total. The molecule has 1 aliphatic heterocycles. The number of fused-ring (bicyclic) bond motifs is 1. The van der Waals surface area contributed by atoms with Crippen LogP contribution in [-0.4, -0.2) is 33.3 Å². The summed E-state index contributed by atoms with van der Waals surface area (Å²) >= 11 is 1.83. The number of hydrogen-bond donors (Lipinski definition) is 1. The van der Waals surface area contributed by atoms with E-state index < -0.39 is 0 Å². The summed E-state index contributed by atoms with van der Waals surface area (Å²) in [6.45, 7) is 3.50. The lowest BCUT2D eigenvalue weighted by atomic mass is 9.94. The molecule has 0 unspecified atom stereocenters. The Balaban J connectivity index is 1.37. The summed E-state index contributed by atoms with van der Waals surface area (Å²) in [5, 5.41) is 5.22. The van der Waals surface area contributed by atoms with E-state index >= 15 is 0 Å². The van der Waals surface area contributed by atoms with Gasteiger partial charge in [-0.15, -0.1) is 0 Å². The quantitative estimate of drug-likeness (QED) is 0.679. The number of carbonyl (C=O) groups excluding carboxylic acids is 1. The highest BCUT2D eigenvalue weighted by molar-refractivity contribution is 7.97. The molecular weight excluding hydrogens is 356 g/mol. The minimum atomic E-state index is -0.145. The third-order valence-electron chi connectivity index (χ3n) is 4.79. The van der Waals surface area contributed by atoms with Crippen LogP contribution in [0.2, 0.25) is 0 Å². The Kier molecular flexibility index (Phi) is 5.36. The average Bonchev–Trinajstić information content (AvgIpc) is 2.68. The largest absolute Gasteiger partial charge is 0.295 e. The van der Waals surface area contributed by atoms with Crippen molar-refractivity contribution in [2.24, 2.45) is 0 Å². The van der Waals surface area contributed by atoms with Gasteiger partial charge < -0.3 is 0 Å². The highest BCUT2D eigenvalue weighted by Gasteiger charge is 2.22. The molecule has 0 radical (unpaired) electrons. The molecule has 6 heteroatoms. The predicted octanol–water partition coefficient (Wildman–Crippen LogP) is 4.47. The molecule has 0 spiro atoms. The van der Waals surface area contributed by atoms with Crippen LogP contribution in [0.25, 0.3) is 10.8 Å². The first kappa shape index (κ1) is 17.9. The number of anilines is 1. The number of piperidine rings is 1. The van der Waals surface area contributed by atoms with Crippen LogP contribution in [0.1, 0.15) is 31.4 Å². The van der Waals surface area contributed by atoms with Crippen LogP contribution >= 0.6 is 11.9 Å². The molecule has 2 aromatic carbocycles. The van der Waals surface area contributed by atoms with E-state index in [0.29, 0.717) is 11.9 Å². The van der Waals surface area contributed by atoms with Gasteiger partial charge in [-0.3, -0.25) is 10.1 Å². The molecule has 27 heavy (non-hydrogen) atoms. The van der Waals surface area contributed by atoms with Crippen molar-refractivity contribution in [3.05, 3.63) is 60.4 Å². The van der Waals surface area contributed by atoms with E-state index in [-0.39, 0.29) is 5.91 Å². The van der Waals surface area contributed by atoms with Crippen molar-refractivity contribution in [2.75, 3.05) is 18.4 Å². The van der Waals surface area contributed by atoms with E-state index in [1.807, 2.05) is 18.0 Å². The number of amides is 1. The van der Waals surface area contributed by atoms with Gasteiger partial charge in [0.25, 0.3) is 0 Å². The van der Waals surface area contributed by atoms with Gasteiger partial charge in [-0.2, -0.15) is 0 Å². The maximum atomic E-state index is 11.2. The maximum Gasteiger partial charge on any atom is 0.229 e. The maximum absolute atomic E-state index is 11.2. The molecule has 1 aliphatic rings. The number of benzene rings is 2. The molecule has 1 amide bonds. The number of hydrogen-bond acceptors (Lipinski definition) is 5. The Morgan fingerprint density at radius 2 is 1.89 bits per heavy atom. The Hall–Kier alpha value is -2.44. The molecule has 138 valence electrons. The smallest absolute Gasteiger partial charge is 0.229 e. The van der Waals surface area contributed by atoms with Crippen molar-refractivity contribution in [1.82, 2.24) is 14.3 Å².